The maximum absolute atomic E-state index is 12.8. The quantitative estimate of drug-likeness (QED) is 0.315. The maximum atomic E-state index is 12.8. The number of aromatic hydroxyl groups is 3. The van der Waals surface area contributed by atoms with Crippen molar-refractivity contribution in [1.82, 2.24) is 0 Å². The van der Waals surface area contributed by atoms with Crippen molar-refractivity contribution in [1.29, 1.82) is 0 Å². The summed E-state index contributed by atoms with van der Waals surface area (Å²) in [6.45, 7) is 3.32. The van der Waals surface area contributed by atoms with E-state index in [1.165, 1.54) is 60.7 Å². The SMILES string of the molecule is Cc1cc(C(=O)OC2CC(OC(=O)c3ccc(O)cc3)CC(OC(=O)c3ccc(O)c(C)c3)C2)ccc1O. The second kappa shape index (κ2) is 11.2. The lowest BCUT2D eigenvalue weighted by Gasteiger charge is -2.34. The summed E-state index contributed by atoms with van der Waals surface area (Å²) in [5, 5.41) is 29.0. The van der Waals surface area contributed by atoms with Crippen molar-refractivity contribution in [2.45, 2.75) is 51.4 Å². The van der Waals surface area contributed by atoms with E-state index < -0.39 is 36.2 Å². The van der Waals surface area contributed by atoms with Crippen LogP contribution in [0.15, 0.2) is 60.7 Å². The Morgan fingerprint density at radius 2 is 0.921 bits per heavy atom. The van der Waals surface area contributed by atoms with Crippen molar-refractivity contribution in [3.8, 4) is 17.2 Å². The Morgan fingerprint density at radius 3 is 1.29 bits per heavy atom. The molecule has 1 fully saturated rings. The predicted molar refractivity (Wildman–Crippen MR) is 135 cm³/mol. The Hall–Kier alpha value is -4.53. The number of hydrogen-bond acceptors (Lipinski definition) is 9. The average Bonchev–Trinajstić information content (AvgIpc) is 2.87. The van der Waals surface area contributed by atoms with Gasteiger partial charge in [-0.3, -0.25) is 0 Å². The number of ether oxygens (including phenoxy) is 3. The first-order valence-corrected chi connectivity index (χ1v) is 12.1. The molecule has 0 spiro atoms. The molecule has 0 heterocycles. The number of hydrogen-bond donors (Lipinski definition) is 3. The summed E-state index contributed by atoms with van der Waals surface area (Å²) in [4.78, 5) is 38.3. The summed E-state index contributed by atoms with van der Waals surface area (Å²) in [6, 6.07) is 14.3. The van der Waals surface area contributed by atoms with Gasteiger partial charge in [-0.2, -0.15) is 0 Å². The van der Waals surface area contributed by atoms with Gasteiger partial charge in [-0.05, 0) is 85.6 Å². The highest BCUT2D eigenvalue weighted by Crippen LogP contribution is 2.29. The second-order valence-electron chi connectivity index (χ2n) is 9.34. The standard InChI is InChI=1S/C29H28O9/c1-16-11-19(5-9-25(16)31)28(34)37-23-13-22(36-27(33)18-3-7-21(30)8-4-18)14-24(15-23)38-29(35)20-6-10-26(32)17(2)12-20/h3-12,22-24,30-32H,13-15H2,1-2H3. The molecule has 0 radical (unpaired) electrons. The molecule has 1 aliphatic rings. The lowest BCUT2D eigenvalue weighted by Crippen LogP contribution is -2.40. The van der Waals surface area contributed by atoms with Crippen LogP contribution in [0.25, 0.3) is 0 Å². The molecule has 198 valence electrons. The summed E-state index contributed by atoms with van der Waals surface area (Å²) in [5.41, 5.74) is 1.75. The molecule has 0 aromatic heterocycles. The largest absolute Gasteiger partial charge is 0.508 e. The van der Waals surface area contributed by atoms with Crippen LogP contribution in [0.4, 0.5) is 0 Å². The van der Waals surface area contributed by atoms with Crippen molar-refractivity contribution >= 4 is 17.9 Å². The van der Waals surface area contributed by atoms with Gasteiger partial charge in [0.2, 0.25) is 0 Å². The van der Waals surface area contributed by atoms with Crippen molar-refractivity contribution in [2.75, 3.05) is 0 Å². The molecule has 9 nitrogen and oxygen atoms in total. The fraction of sp³-hybridized carbons (Fsp3) is 0.276. The van der Waals surface area contributed by atoms with Crippen LogP contribution in [0.5, 0.6) is 17.2 Å². The van der Waals surface area contributed by atoms with E-state index in [1.54, 1.807) is 13.8 Å². The highest BCUT2D eigenvalue weighted by Gasteiger charge is 2.36. The molecule has 2 atom stereocenters. The van der Waals surface area contributed by atoms with E-state index in [4.69, 9.17) is 14.2 Å². The molecule has 0 amide bonds. The van der Waals surface area contributed by atoms with Crippen LogP contribution in [0.1, 0.15) is 61.5 Å². The number of phenols is 3. The molecule has 4 rings (SSSR count). The molecule has 9 heteroatoms. The maximum Gasteiger partial charge on any atom is 0.338 e. The Kier molecular flexibility index (Phi) is 7.85. The first kappa shape index (κ1) is 26.5. The van der Waals surface area contributed by atoms with E-state index in [2.05, 4.69) is 0 Å². The number of rotatable bonds is 6. The summed E-state index contributed by atoms with van der Waals surface area (Å²) in [6.07, 6.45) is -1.58. The fourth-order valence-corrected chi connectivity index (χ4v) is 4.28. The minimum Gasteiger partial charge on any atom is -0.508 e. The molecule has 3 aromatic carbocycles. The molecule has 0 saturated heterocycles. The number of aryl methyl sites for hydroxylation is 2. The van der Waals surface area contributed by atoms with Gasteiger partial charge in [0.1, 0.15) is 35.6 Å². The van der Waals surface area contributed by atoms with Crippen LogP contribution in [0, 0.1) is 13.8 Å². The molecule has 3 N–H and O–H groups in total. The van der Waals surface area contributed by atoms with E-state index >= 15 is 0 Å². The van der Waals surface area contributed by atoms with Gasteiger partial charge in [-0.1, -0.05) is 0 Å². The minimum absolute atomic E-state index is 0.00658. The van der Waals surface area contributed by atoms with Crippen LogP contribution in [-0.2, 0) is 14.2 Å². The predicted octanol–water partition coefficient (Wildman–Crippen LogP) is 4.58. The van der Waals surface area contributed by atoms with Crippen LogP contribution in [0.3, 0.4) is 0 Å². The van der Waals surface area contributed by atoms with Gasteiger partial charge >= 0.3 is 17.9 Å². The highest BCUT2D eigenvalue weighted by molar-refractivity contribution is 5.91. The smallest absolute Gasteiger partial charge is 0.338 e. The lowest BCUT2D eigenvalue weighted by molar-refractivity contribution is -0.0587. The van der Waals surface area contributed by atoms with E-state index in [0.717, 1.165) is 0 Å². The molecule has 38 heavy (non-hydrogen) atoms. The molecular formula is C29H28O9. The minimum atomic E-state index is -0.720. The summed E-state index contributed by atoms with van der Waals surface area (Å²) in [5.74, 6) is -1.76. The molecule has 1 saturated carbocycles. The first-order valence-electron chi connectivity index (χ1n) is 12.1. The Morgan fingerprint density at radius 1 is 0.579 bits per heavy atom. The van der Waals surface area contributed by atoms with E-state index in [0.29, 0.717) is 11.1 Å². The highest BCUT2D eigenvalue weighted by atomic mass is 16.6. The van der Waals surface area contributed by atoms with Crippen LogP contribution in [0.2, 0.25) is 0 Å². The van der Waals surface area contributed by atoms with E-state index in [1.807, 2.05) is 0 Å². The third-order valence-corrected chi connectivity index (χ3v) is 6.37. The summed E-state index contributed by atoms with van der Waals surface area (Å²) < 4.78 is 17.0. The second-order valence-corrected chi connectivity index (χ2v) is 9.34. The van der Waals surface area contributed by atoms with Crippen LogP contribution >= 0.6 is 0 Å². The molecular weight excluding hydrogens is 492 g/mol. The van der Waals surface area contributed by atoms with Gasteiger partial charge < -0.3 is 29.5 Å². The topological polar surface area (TPSA) is 140 Å². The van der Waals surface area contributed by atoms with Crippen LogP contribution < -0.4 is 0 Å². The molecule has 0 bridgehead atoms. The lowest BCUT2D eigenvalue weighted by atomic mass is 9.91. The van der Waals surface area contributed by atoms with Crippen molar-refractivity contribution in [3.63, 3.8) is 0 Å². The number of benzene rings is 3. The zero-order chi connectivity index (χ0) is 27.4. The normalized spacial score (nSPS) is 18.8. The third kappa shape index (κ3) is 6.42. The Bertz CT molecular complexity index is 1270. The fourth-order valence-electron chi connectivity index (χ4n) is 4.28. The van der Waals surface area contributed by atoms with Crippen molar-refractivity contribution < 1.29 is 43.9 Å². The summed E-state index contributed by atoms with van der Waals surface area (Å²) >= 11 is 0. The van der Waals surface area contributed by atoms with E-state index in [9.17, 15) is 29.7 Å². The third-order valence-electron chi connectivity index (χ3n) is 6.37. The first-order chi connectivity index (χ1) is 18.1. The Labute approximate surface area is 219 Å². The zero-order valence-corrected chi connectivity index (χ0v) is 20.9. The van der Waals surface area contributed by atoms with E-state index in [-0.39, 0.29) is 53.2 Å². The van der Waals surface area contributed by atoms with Gasteiger partial charge in [-0.15, -0.1) is 0 Å². The number of carbonyl (C=O) groups excluding carboxylic acids is 3. The summed E-state index contributed by atoms with van der Waals surface area (Å²) in [7, 11) is 0. The average molecular weight is 521 g/mol. The molecule has 0 aliphatic heterocycles. The molecule has 3 aromatic rings. The number of esters is 3. The monoisotopic (exact) mass is 520 g/mol. The molecule has 2 unspecified atom stereocenters. The van der Waals surface area contributed by atoms with Gasteiger partial charge in [0.25, 0.3) is 0 Å². The van der Waals surface area contributed by atoms with Crippen molar-refractivity contribution in [2.24, 2.45) is 0 Å². The van der Waals surface area contributed by atoms with Crippen molar-refractivity contribution in [3.05, 3.63) is 88.5 Å². The van der Waals surface area contributed by atoms with Gasteiger partial charge in [-0.25, -0.2) is 14.4 Å². The number of carbonyl (C=O) groups is 3. The zero-order valence-electron chi connectivity index (χ0n) is 20.9. The van der Waals surface area contributed by atoms with Gasteiger partial charge in [0.05, 0.1) is 16.7 Å². The molecule has 1 aliphatic carbocycles. The van der Waals surface area contributed by atoms with Crippen LogP contribution in [-0.4, -0.2) is 51.5 Å². The Balaban J connectivity index is 1.50. The van der Waals surface area contributed by atoms with Gasteiger partial charge in [0.15, 0.2) is 0 Å². The van der Waals surface area contributed by atoms with Gasteiger partial charge in [0, 0.05) is 19.3 Å². The number of phenolic OH excluding ortho intramolecular Hbond substituents is 3.